The van der Waals surface area contributed by atoms with Crippen LogP contribution in [-0.4, -0.2) is 89.1 Å². The summed E-state index contributed by atoms with van der Waals surface area (Å²) in [4.78, 5) is 0. The molecule has 0 amide bonds. The molecule has 0 saturated carbocycles. The van der Waals surface area contributed by atoms with Gasteiger partial charge in [-0.05, 0) is 6.42 Å². The van der Waals surface area contributed by atoms with Crippen molar-refractivity contribution in [2.24, 2.45) is 0 Å². The van der Waals surface area contributed by atoms with Crippen molar-refractivity contribution >= 4 is 0 Å². The van der Waals surface area contributed by atoms with E-state index in [9.17, 15) is 136 Å². The van der Waals surface area contributed by atoms with Crippen molar-refractivity contribution in [1.82, 2.24) is 0 Å². The summed E-state index contributed by atoms with van der Waals surface area (Å²) in [5, 5.41) is 0. The second-order valence-electron chi connectivity index (χ2n) is 12.6. The second-order valence-corrected chi connectivity index (χ2v) is 12.6. The van der Waals surface area contributed by atoms with Gasteiger partial charge in [-0.3, -0.25) is 0 Å². The first kappa shape index (κ1) is 55.8. The summed E-state index contributed by atoms with van der Waals surface area (Å²) in [6.07, 6.45) is -9.40. The van der Waals surface area contributed by atoms with E-state index in [0.29, 0.717) is 19.3 Å². The highest BCUT2D eigenvalue weighted by Crippen LogP contribution is 2.69. The van der Waals surface area contributed by atoms with Crippen LogP contribution in [0.2, 0.25) is 0 Å². The standard InChI is InChI=1S/C27H25F31/c1-2-3-4-5-6-7-8-9-10-11-12-13(28,29)14(30,31)15(32,33)16(34,35)17(36,37)18(38,39)19(40,41)20(42,43)21(44,45)22(46,47)23(48,49)24(50,51)25(52,53)26(54,55)27(56,57)58/h2-12H2,1H3. The molecule has 0 nitrogen and oxygen atoms in total. The summed E-state index contributed by atoms with van der Waals surface area (Å²) >= 11 is 0. The first-order valence-electron chi connectivity index (χ1n) is 15.4. The van der Waals surface area contributed by atoms with Gasteiger partial charge in [-0.1, -0.05) is 64.7 Å². The van der Waals surface area contributed by atoms with E-state index in [2.05, 4.69) is 0 Å². The maximum absolute atomic E-state index is 14.1. The van der Waals surface area contributed by atoms with Crippen LogP contribution < -0.4 is 0 Å². The second kappa shape index (κ2) is 16.3. The molecule has 0 aromatic carbocycles. The van der Waals surface area contributed by atoms with Crippen molar-refractivity contribution in [1.29, 1.82) is 0 Å². The molecule has 0 radical (unpaired) electrons. The van der Waals surface area contributed by atoms with Crippen LogP contribution in [0.25, 0.3) is 0 Å². The molecule has 0 heterocycles. The molecule has 58 heavy (non-hydrogen) atoms. The quantitative estimate of drug-likeness (QED) is 0.0668. The van der Waals surface area contributed by atoms with E-state index in [1.807, 2.05) is 6.92 Å². The number of hydrogen-bond acceptors (Lipinski definition) is 0. The average molecular weight is 938 g/mol. The Balaban J connectivity index is 6.97. The van der Waals surface area contributed by atoms with Crippen molar-refractivity contribution in [3.8, 4) is 0 Å². The lowest BCUT2D eigenvalue weighted by Crippen LogP contribution is -2.79. The van der Waals surface area contributed by atoms with Crippen molar-refractivity contribution in [3.63, 3.8) is 0 Å². The molecule has 0 saturated heterocycles. The normalized spacial score (nSPS) is 16.3. The summed E-state index contributed by atoms with van der Waals surface area (Å²) in [5.74, 6) is -131. The van der Waals surface area contributed by atoms with E-state index in [1.54, 1.807) is 0 Å². The minimum Gasteiger partial charge on any atom is -0.200 e. The Kier molecular flexibility index (Phi) is 15.7. The van der Waals surface area contributed by atoms with E-state index in [1.165, 1.54) is 0 Å². The van der Waals surface area contributed by atoms with Crippen molar-refractivity contribution in [2.45, 2.75) is 167 Å². The van der Waals surface area contributed by atoms with Crippen LogP contribution in [-0.2, 0) is 0 Å². The van der Waals surface area contributed by atoms with Crippen molar-refractivity contribution in [2.75, 3.05) is 0 Å². The minimum absolute atomic E-state index is 0.119. The van der Waals surface area contributed by atoms with Crippen LogP contribution in [0.3, 0.4) is 0 Å². The van der Waals surface area contributed by atoms with Gasteiger partial charge in [0.2, 0.25) is 0 Å². The topological polar surface area (TPSA) is 0 Å². The highest BCUT2D eigenvalue weighted by atomic mass is 19.4. The van der Waals surface area contributed by atoms with Crippen molar-refractivity contribution in [3.05, 3.63) is 0 Å². The van der Waals surface area contributed by atoms with Gasteiger partial charge < -0.3 is 0 Å². The first-order chi connectivity index (χ1) is 25.1. The lowest BCUT2D eigenvalue weighted by Gasteiger charge is -2.46. The summed E-state index contributed by atoms with van der Waals surface area (Å²) in [6.45, 7) is 1.84. The zero-order valence-electron chi connectivity index (χ0n) is 28.0. The Labute approximate surface area is 303 Å². The Hall–Kier alpha value is -2.17. The minimum atomic E-state index is -10.1. The third kappa shape index (κ3) is 8.02. The van der Waals surface area contributed by atoms with E-state index < -0.39 is 108 Å². The molecular weight excluding hydrogens is 913 g/mol. The third-order valence-electron chi connectivity index (χ3n) is 8.39. The molecule has 0 spiro atoms. The maximum atomic E-state index is 14.1. The van der Waals surface area contributed by atoms with E-state index in [-0.39, 0.29) is 12.8 Å². The average Bonchev–Trinajstić information content (AvgIpc) is 3.03. The van der Waals surface area contributed by atoms with Gasteiger partial charge in [-0.15, -0.1) is 0 Å². The lowest BCUT2D eigenvalue weighted by atomic mass is 9.83. The molecule has 0 fully saturated rings. The Morgan fingerprint density at radius 1 is 0.207 bits per heavy atom. The highest BCUT2D eigenvalue weighted by Gasteiger charge is 3.01. The van der Waals surface area contributed by atoms with Gasteiger partial charge in [0.25, 0.3) is 0 Å². The molecule has 350 valence electrons. The Morgan fingerprint density at radius 2 is 0.379 bits per heavy atom. The Morgan fingerprint density at radius 3 is 0.586 bits per heavy atom. The molecule has 0 rings (SSSR count). The summed E-state index contributed by atoms with van der Waals surface area (Å²) in [6, 6.07) is 0. The van der Waals surface area contributed by atoms with Gasteiger partial charge in [-0.2, -0.15) is 136 Å². The zero-order valence-corrected chi connectivity index (χ0v) is 28.0. The van der Waals surface area contributed by atoms with E-state index in [0.717, 1.165) is 19.3 Å². The summed E-state index contributed by atoms with van der Waals surface area (Å²) < 4.78 is 423. The van der Waals surface area contributed by atoms with Crippen LogP contribution >= 0.6 is 0 Å². The molecule has 0 atom stereocenters. The van der Waals surface area contributed by atoms with E-state index in [4.69, 9.17) is 0 Å². The molecular formula is C27H25F31. The van der Waals surface area contributed by atoms with Gasteiger partial charge >= 0.3 is 89.1 Å². The smallest absolute Gasteiger partial charge is 0.200 e. The third-order valence-corrected chi connectivity index (χ3v) is 8.39. The Bertz CT molecular complexity index is 1340. The van der Waals surface area contributed by atoms with Gasteiger partial charge in [0.1, 0.15) is 0 Å². The fourth-order valence-corrected chi connectivity index (χ4v) is 4.57. The SMILES string of the molecule is CCCCCCCCCCCCC(F)(F)C(F)(F)C(F)(F)C(F)(F)C(F)(F)C(F)(F)C(F)(F)C(F)(F)C(F)(F)C(F)(F)C(F)(F)C(F)(F)C(F)(F)C(F)(F)C(F)(F)F. The molecule has 0 N–H and O–H groups in total. The molecule has 31 heteroatoms. The fourth-order valence-electron chi connectivity index (χ4n) is 4.57. The molecule has 0 bridgehead atoms. The van der Waals surface area contributed by atoms with Crippen LogP contribution in [0, 0.1) is 0 Å². The molecule has 0 aliphatic heterocycles. The number of rotatable bonds is 24. The molecule has 0 aromatic rings. The van der Waals surface area contributed by atoms with Gasteiger partial charge in [0.05, 0.1) is 0 Å². The summed E-state index contributed by atoms with van der Waals surface area (Å²) in [5.41, 5.74) is 0. The fraction of sp³-hybridized carbons (Fsp3) is 1.00. The zero-order chi connectivity index (χ0) is 47.3. The van der Waals surface area contributed by atoms with Crippen LogP contribution in [0.4, 0.5) is 136 Å². The number of alkyl halides is 31. The number of hydrogen-bond donors (Lipinski definition) is 0. The van der Waals surface area contributed by atoms with Gasteiger partial charge in [0, 0.05) is 6.42 Å². The molecule has 0 unspecified atom stereocenters. The predicted molar refractivity (Wildman–Crippen MR) is 132 cm³/mol. The highest BCUT2D eigenvalue weighted by molar-refractivity contribution is 5.21. The van der Waals surface area contributed by atoms with Crippen LogP contribution in [0.1, 0.15) is 77.6 Å². The van der Waals surface area contributed by atoms with Gasteiger partial charge in [0.15, 0.2) is 0 Å². The molecule has 0 aromatic heterocycles. The number of halogens is 31. The monoisotopic (exact) mass is 938 g/mol. The van der Waals surface area contributed by atoms with Crippen LogP contribution in [0.15, 0.2) is 0 Å². The maximum Gasteiger partial charge on any atom is 0.460 e. The van der Waals surface area contributed by atoms with Crippen molar-refractivity contribution < 1.29 is 136 Å². The first-order valence-corrected chi connectivity index (χ1v) is 15.4. The molecule has 0 aliphatic rings. The van der Waals surface area contributed by atoms with Crippen LogP contribution in [0.5, 0.6) is 0 Å². The number of unbranched alkanes of at least 4 members (excludes halogenated alkanes) is 9. The van der Waals surface area contributed by atoms with E-state index >= 15 is 0 Å². The summed E-state index contributed by atoms with van der Waals surface area (Å²) in [7, 11) is 0. The predicted octanol–water partition coefficient (Wildman–Crippen LogP) is 14.8. The lowest BCUT2D eigenvalue weighted by molar-refractivity contribution is -0.489. The largest absolute Gasteiger partial charge is 0.460 e. The van der Waals surface area contributed by atoms with Gasteiger partial charge in [-0.25, -0.2) is 0 Å². The molecule has 0 aliphatic carbocycles.